The molecule has 7 heteroatoms. The molecule has 7 nitrogen and oxygen atoms in total. The molecule has 2 aromatic heterocycles. The Morgan fingerprint density at radius 3 is 2.92 bits per heavy atom. The van der Waals surface area contributed by atoms with Crippen molar-refractivity contribution in [3.63, 3.8) is 0 Å². The first-order chi connectivity index (χ1) is 12.3. The zero-order chi connectivity index (χ0) is 17.1. The molecule has 1 atom stereocenters. The van der Waals surface area contributed by atoms with Gasteiger partial charge >= 0.3 is 0 Å². The van der Waals surface area contributed by atoms with Crippen molar-refractivity contribution in [2.24, 2.45) is 0 Å². The summed E-state index contributed by atoms with van der Waals surface area (Å²) in [6.07, 6.45) is 8.85. The van der Waals surface area contributed by atoms with Crippen molar-refractivity contribution >= 4 is 5.91 Å². The Morgan fingerprint density at radius 2 is 2.12 bits per heavy atom. The van der Waals surface area contributed by atoms with Gasteiger partial charge in [0, 0.05) is 32.0 Å². The summed E-state index contributed by atoms with van der Waals surface area (Å²) < 4.78 is 10.3. The summed E-state index contributed by atoms with van der Waals surface area (Å²) >= 11 is 0. The van der Waals surface area contributed by atoms with E-state index in [2.05, 4.69) is 19.9 Å². The van der Waals surface area contributed by atoms with Crippen molar-refractivity contribution in [1.82, 2.24) is 19.9 Å². The molecule has 0 bridgehead atoms. The summed E-state index contributed by atoms with van der Waals surface area (Å²) in [4.78, 5) is 21.5. The molecule has 0 aliphatic carbocycles. The van der Waals surface area contributed by atoms with Crippen LogP contribution in [0.4, 0.5) is 0 Å². The van der Waals surface area contributed by atoms with E-state index in [-0.39, 0.29) is 5.91 Å². The van der Waals surface area contributed by atoms with Crippen LogP contribution in [0.2, 0.25) is 0 Å². The van der Waals surface area contributed by atoms with Crippen LogP contribution in [0.25, 0.3) is 11.4 Å². The van der Waals surface area contributed by atoms with Gasteiger partial charge in [-0.2, -0.15) is 4.98 Å². The van der Waals surface area contributed by atoms with E-state index in [1.165, 1.54) is 25.9 Å². The lowest BCUT2D eigenvalue weighted by Crippen LogP contribution is -2.42. The lowest BCUT2D eigenvalue weighted by molar-refractivity contribution is -0.132. The standard InChI is InChI=1S/C18H24N4O3/c23-17(22-10-3-4-15(22)12-21-8-1-2-9-21)6-5-16-19-18(20-25-16)14-7-11-24-13-14/h7,11,13,15H,1-6,8-10,12H2/t15-/m1/s1. The number of furan rings is 1. The maximum Gasteiger partial charge on any atom is 0.227 e. The van der Waals surface area contributed by atoms with Crippen LogP contribution in [0.3, 0.4) is 0 Å². The monoisotopic (exact) mass is 344 g/mol. The minimum atomic E-state index is 0.199. The van der Waals surface area contributed by atoms with Gasteiger partial charge in [0.25, 0.3) is 0 Å². The number of hydrogen-bond acceptors (Lipinski definition) is 6. The molecule has 4 heterocycles. The van der Waals surface area contributed by atoms with E-state index in [1.807, 2.05) is 0 Å². The van der Waals surface area contributed by atoms with Crippen molar-refractivity contribution in [3.05, 3.63) is 24.5 Å². The SMILES string of the molecule is O=C(CCc1nc(-c2ccoc2)no1)N1CCC[C@@H]1CN1CCCC1. The Hall–Kier alpha value is -2.15. The molecular weight excluding hydrogens is 320 g/mol. The molecule has 0 spiro atoms. The first-order valence-electron chi connectivity index (χ1n) is 9.16. The average Bonchev–Trinajstić information content (AvgIpc) is 3.39. The first-order valence-corrected chi connectivity index (χ1v) is 9.16. The molecule has 4 rings (SSSR count). The van der Waals surface area contributed by atoms with Crippen LogP contribution >= 0.6 is 0 Å². The maximum absolute atomic E-state index is 12.6. The highest BCUT2D eigenvalue weighted by molar-refractivity contribution is 5.77. The minimum Gasteiger partial charge on any atom is -0.472 e. The maximum atomic E-state index is 12.6. The van der Waals surface area contributed by atoms with Crippen molar-refractivity contribution in [3.8, 4) is 11.4 Å². The quantitative estimate of drug-likeness (QED) is 0.801. The van der Waals surface area contributed by atoms with Crippen LogP contribution in [0.1, 0.15) is 38.0 Å². The smallest absolute Gasteiger partial charge is 0.227 e. The van der Waals surface area contributed by atoms with Gasteiger partial charge in [-0.3, -0.25) is 4.79 Å². The van der Waals surface area contributed by atoms with Gasteiger partial charge in [0.15, 0.2) is 0 Å². The molecule has 2 aliphatic heterocycles. The van der Waals surface area contributed by atoms with Crippen molar-refractivity contribution in [1.29, 1.82) is 0 Å². The van der Waals surface area contributed by atoms with Gasteiger partial charge in [-0.1, -0.05) is 5.16 Å². The van der Waals surface area contributed by atoms with Crippen molar-refractivity contribution in [2.75, 3.05) is 26.2 Å². The van der Waals surface area contributed by atoms with E-state index < -0.39 is 0 Å². The van der Waals surface area contributed by atoms with E-state index in [1.54, 1.807) is 18.6 Å². The minimum absolute atomic E-state index is 0.199. The lowest BCUT2D eigenvalue weighted by Gasteiger charge is -2.28. The molecular formula is C18H24N4O3. The molecule has 25 heavy (non-hydrogen) atoms. The number of hydrogen-bond donors (Lipinski definition) is 0. The van der Waals surface area contributed by atoms with Gasteiger partial charge in [-0.25, -0.2) is 0 Å². The fraction of sp³-hybridized carbons (Fsp3) is 0.611. The van der Waals surface area contributed by atoms with Crippen LogP contribution < -0.4 is 0 Å². The van der Waals surface area contributed by atoms with Crippen LogP contribution in [-0.4, -0.2) is 58.1 Å². The number of nitrogens with zero attached hydrogens (tertiary/aromatic N) is 4. The predicted molar refractivity (Wildman–Crippen MR) is 90.7 cm³/mol. The van der Waals surface area contributed by atoms with Gasteiger partial charge in [0.1, 0.15) is 6.26 Å². The number of rotatable bonds is 6. The second-order valence-electron chi connectivity index (χ2n) is 6.91. The molecule has 2 fully saturated rings. The third-order valence-electron chi connectivity index (χ3n) is 5.17. The summed E-state index contributed by atoms with van der Waals surface area (Å²) in [6.45, 7) is 4.26. The Labute approximate surface area is 147 Å². The summed E-state index contributed by atoms with van der Waals surface area (Å²) in [7, 11) is 0. The Morgan fingerprint density at radius 1 is 1.24 bits per heavy atom. The third kappa shape index (κ3) is 3.76. The number of aromatic nitrogens is 2. The van der Waals surface area contributed by atoms with Gasteiger partial charge in [0.05, 0.1) is 11.8 Å². The second kappa shape index (κ2) is 7.39. The van der Waals surface area contributed by atoms with E-state index in [0.29, 0.717) is 30.6 Å². The summed E-state index contributed by atoms with van der Waals surface area (Å²) in [6, 6.07) is 2.15. The molecule has 0 saturated carbocycles. The van der Waals surface area contributed by atoms with Crippen LogP contribution in [0.15, 0.2) is 27.5 Å². The number of carbonyl (C=O) groups excluding carboxylic acids is 1. The number of amides is 1. The zero-order valence-corrected chi connectivity index (χ0v) is 14.4. The van der Waals surface area contributed by atoms with Gasteiger partial charge in [0.2, 0.25) is 17.6 Å². The van der Waals surface area contributed by atoms with E-state index in [9.17, 15) is 4.79 Å². The fourth-order valence-corrected chi connectivity index (χ4v) is 3.84. The molecule has 0 radical (unpaired) electrons. The van der Waals surface area contributed by atoms with E-state index in [4.69, 9.17) is 8.94 Å². The Bertz CT molecular complexity index is 691. The lowest BCUT2D eigenvalue weighted by atomic mass is 10.2. The van der Waals surface area contributed by atoms with Crippen LogP contribution in [-0.2, 0) is 11.2 Å². The number of carbonyl (C=O) groups is 1. The normalized spacial score (nSPS) is 21.3. The average molecular weight is 344 g/mol. The molecule has 0 unspecified atom stereocenters. The van der Waals surface area contributed by atoms with Crippen LogP contribution in [0, 0.1) is 0 Å². The highest BCUT2D eigenvalue weighted by atomic mass is 16.5. The first kappa shape index (κ1) is 16.3. The largest absolute Gasteiger partial charge is 0.472 e. The molecule has 2 aliphatic rings. The molecule has 2 aromatic rings. The molecule has 0 aromatic carbocycles. The third-order valence-corrected chi connectivity index (χ3v) is 5.17. The molecule has 2 saturated heterocycles. The van der Waals surface area contributed by atoms with Crippen molar-refractivity contribution < 1.29 is 13.7 Å². The molecule has 1 amide bonds. The zero-order valence-electron chi connectivity index (χ0n) is 14.4. The second-order valence-corrected chi connectivity index (χ2v) is 6.91. The highest BCUT2D eigenvalue weighted by Crippen LogP contribution is 2.22. The number of likely N-dealkylation sites (tertiary alicyclic amines) is 2. The molecule has 134 valence electrons. The fourth-order valence-electron chi connectivity index (χ4n) is 3.84. The van der Waals surface area contributed by atoms with Crippen molar-refractivity contribution in [2.45, 2.75) is 44.6 Å². The number of aryl methyl sites for hydroxylation is 1. The summed E-state index contributed by atoms with van der Waals surface area (Å²) in [5.74, 6) is 1.20. The highest BCUT2D eigenvalue weighted by Gasteiger charge is 2.30. The Kier molecular flexibility index (Phi) is 4.83. The van der Waals surface area contributed by atoms with E-state index in [0.717, 1.165) is 31.5 Å². The van der Waals surface area contributed by atoms with Gasteiger partial charge in [-0.15, -0.1) is 0 Å². The van der Waals surface area contributed by atoms with Crippen LogP contribution in [0.5, 0.6) is 0 Å². The van der Waals surface area contributed by atoms with Gasteiger partial charge < -0.3 is 18.7 Å². The molecule has 0 N–H and O–H groups in total. The summed E-state index contributed by atoms with van der Waals surface area (Å²) in [5, 5.41) is 3.94. The Balaban J connectivity index is 1.30. The van der Waals surface area contributed by atoms with Gasteiger partial charge in [-0.05, 0) is 44.8 Å². The predicted octanol–water partition coefficient (Wildman–Crippen LogP) is 2.35. The van der Waals surface area contributed by atoms with E-state index >= 15 is 0 Å². The topological polar surface area (TPSA) is 75.6 Å². The summed E-state index contributed by atoms with van der Waals surface area (Å²) in [5.41, 5.74) is 0.784.